The third-order valence-corrected chi connectivity index (χ3v) is 6.35. The zero-order valence-corrected chi connectivity index (χ0v) is 18.7. The number of aromatic nitrogens is 1. The maximum Gasteiger partial charge on any atom is 0.230 e. The number of benzene rings is 2. The first kappa shape index (κ1) is 21.9. The largest absolute Gasteiger partial charge is 0.497 e. The molecule has 0 aliphatic rings. The van der Waals surface area contributed by atoms with Gasteiger partial charge < -0.3 is 15.0 Å². The first-order valence-corrected chi connectivity index (χ1v) is 11.1. The van der Waals surface area contributed by atoms with Crippen LogP contribution in [0, 0.1) is 0 Å². The number of amides is 1. The summed E-state index contributed by atoms with van der Waals surface area (Å²) in [6.45, 7) is 0. The molecule has 30 heavy (non-hydrogen) atoms. The van der Waals surface area contributed by atoms with Crippen molar-refractivity contribution in [3.8, 4) is 5.75 Å². The average molecular weight is 442 g/mol. The normalized spacial score (nSPS) is 10.5. The van der Waals surface area contributed by atoms with E-state index in [4.69, 9.17) is 4.74 Å². The van der Waals surface area contributed by atoms with Crippen LogP contribution in [0.1, 0.15) is 16.1 Å². The van der Waals surface area contributed by atoms with E-state index in [9.17, 15) is 9.59 Å². The number of rotatable bonds is 9. The van der Waals surface area contributed by atoms with Gasteiger partial charge in [0, 0.05) is 36.4 Å². The molecular weight excluding hydrogens is 418 g/mol. The van der Waals surface area contributed by atoms with Gasteiger partial charge in [-0.2, -0.15) is 0 Å². The van der Waals surface area contributed by atoms with Crippen molar-refractivity contribution in [2.75, 3.05) is 37.2 Å². The lowest BCUT2D eigenvalue weighted by Gasteiger charge is -2.12. The molecular formula is C22H23N3O3S2. The van der Waals surface area contributed by atoms with Crippen molar-refractivity contribution in [1.82, 2.24) is 4.98 Å². The number of carbonyl (C=O) groups excluding carboxylic acids is 2. The van der Waals surface area contributed by atoms with Gasteiger partial charge in [-0.15, -0.1) is 11.3 Å². The zero-order valence-electron chi connectivity index (χ0n) is 17.0. The van der Waals surface area contributed by atoms with Gasteiger partial charge in [0.2, 0.25) is 5.91 Å². The van der Waals surface area contributed by atoms with Crippen LogP contribution in [0.15, 0.2) is 58.3 Å². The molecule has 0 atom stereocenters. The minimum atomic E-state index is -0.122. The molecule has 1 aromatic heterocycles. The molecule has 8 heteroatoms. The van der Waals surface area contributed by atoms with Gasteiger partial charge in [-0.25, -0.2) is 4.98 Å². The molecule has 0 fully saturated rings. The Morgan fingerprint density at radius 1 is 1.10 bits per heavy atom. The summed E-state index contributed by atoms with van der Waals surface area (Å²) in [5.41, 5.74) is 3.15. The van der Waals surface area contributed by atoms with Gasteiger partial charge in [0.05, 0.1) is 25.0 Å². The Balaban J connectivity index is 1.49. The molecule has 1 N–H and O–H groups in total. The number of thioether (sulfide) groups is 1. The highest BCUT2D eigenvalue weighted by Crippen LogP contribution is 2.24. The SMILES string of the molecule is COc1ccc(C(=O)CSc2nc(CC(=O)Nc3ccc(N(C)C)cc3)cs2)cc1. The lowest BCUT2D eigenvalue weighted by molar-refractivity contribution is -0.115. The lowest BCUT2D eigenvalue weighted by atomic mass is 10.1. The van der Waals surface area contributed by atoms with Gasteiger partial charge in [-0.1, -0.05) is 11.8 Å². The first-order valence-electron chi connectivity index (χ1n) is 9.26. The van der Waals surface area contributed by atoms with Gasteiger partial charge in [-0.05, 0) is 48.5 Å². The molecule has 1 heterocycles. The van der Waals surface area contributed by atoms with Crippen molar-refractivity contribution >= 4 is 46.2 Å². The molecule has 0 spiro atoms. The predicted molar refractivity (Wildman–Crippen MR) is 123 cm³/mol. The molecule has 3 aromatic rings. The number of Topliss-reactive ketones (excluding diaryl/α,β-unsaturated/α-hetero) is 1. The summed E-state index contributed by atoms with van der Waals surface area (Å²) in [7, 11) is 5.53. The second-order valence-corrected chi connectivity index (χ2v) is 8.79. The zero-order chi connectivity index (χ0) is 21.5. The van der Waals surface area contributed by atoms with Crippen molar-refractivity contribution in [1.29, 1.82) is 0 Å². The molecule has 0 aliphatic carbocycles. The van der Waals surface area contributed by atoms with Crippen LogP contribution in [-0.2, 0) is 11.2 Å². The number of thiazole rings is 1. The Kier molecular flexibility index (Phi) is 7.48. The highest BCUT2D eigenvalue weighted by molar-refractivity contribution is 8.01. The number of ketones is 1. The van der Waals surface area contributed by atoms with Gasteiger partial charge in [0.15, 0.2) is 10.1 Å². The topological polar surface area (TPSA) is 71.5 Å². The Morgan fingerprint density at radius 3 is 2.43 bits per heavy atom. The lowest BCUT2D eigenvalue weighted by Crippen LogP contribution is -2.15. The first-order chi connectivity index (χ1) is 14.4. The minimum absolute atomic E-state index is 0.0262. The second-order valence-electron chi connectivity index (χ2n) is 6.71. The van der Waals surface area contributed by atoms with E-state index in [2.05, 4.69) is 10.3 Å². The maximum atomic E-state index is 12.3. The summed E-state index contributed by atoms with van der Waals surface area (Å²) in [6, 6.07) is 14.7. The molecule has 0 saturated carbocycles. The molecule has 0 bridgehead atoms. The van der Waals surface area contributed by atoms with Crippen molar-refractivity contribution in [2.24, 2.45) is 0 Å². The van der Waals surface area contributed by atoms with Gasteiger partial charge in [-0.3, -0.25) is 9.59 Å². The van der Waals surface area contributed by atoms with Crippen LogP contribution in [0.2, 0.25) is 0 Å². The van der Waals surface area contributed by atoms with Gasteiger partial charge >= 0.3 is 0 Å². The van der Waals surface area contributed by atoms with E-state index in [0.29, 0.717) is 17.0 Å². The number of hydrogen-bond acceptors (Lipinski definition) is 7. The van der Waals surface area contributed by atoms with Crippen molar-refractivity contribution in [2.45, 2.75) is 10.8 Å². The van der Waals surface area contributed by atoms with E-state index in [-0.39, 0.29) is 18.1 Å². The predicted octanol–water partition coefficient (Wildman–Crippen LogP) is 4.37. The molecule has 3 rings (SSSR count). The summed E-state index contributed by atoms with van der Waals surface area (Å²) in [5.74, 6) is 0.918. The van der Waals surface area contributed by atoms with E-state index < -0.39 is 0 Å². The molecule has 0 unspecified atom stereocenters. The van der Waals surface area contributed by atoms with Gasteiger partial charge in [0.25, 0.3) is 0 Å². The Hall–Kier alpha value is -2.84. The standard InChI is InChI=1S/C22H23N3O3S2/c1-25(2)18-8-6-16(7-9-18)23-21(27)12-17-13-29-22(24-17)30-14-20(26)15-4-10-19(28-3)11-5-15/h4-11,13H,12,14H2,1-3H3,(H,23,27). The second kappa shape index (κ2) is 10.3. The summed E-state index contributed by atoms with van der Waals surface area (Å²) in [4.78, 5) is 31.1. The number of carbonyl (C=O) groups is 2. The van der Waals surface area contributed by atoms with Crippen LogP contribution >= 0.6 is 23.1 Å². The van der Waals surface area contributed by atoms with Crippen LogP contribution in [0.5, 0.6) is 5.75 Å². The van der Waals surface area contributed by atoms with E-state index in [1.165, 1.54) is 23.1 Å². The highest BCUT2D eigenvalue weighted by atomic mass is 32.2. The van der Waals surface area contributed by atoms with E-state index in [1.54, 1.807) is 31.4 Å². The molecule has 2 aromatic carbocycles. The number of nitrogens with one attached hydrogen (secondary N) is 1. The maximum absolute atomic E-state index is 12.3. The smallest absolute Gasteiger partial charge is 0.230 e. The van der Waals surface area contributed by atoms with Gasteiger partial charge in [0.1, 0.15) is 5.75 Å². The Bertz CT molecular complexity index is 999. The molecule has 1 amide bonds. The number of nitrogens with zero attached hydrogens (tertiary/aromatic N) is 2. The number of ether oxygens (including phenoxy) is 1. The fourth-order valence-electron chi connectivity index (χ4n) is 2.64. The van der Waals surface area contributed by atoms with Crippen LogP contribution in [0.25, 0.3) is 0 Å². The molecule has 6 nitrogen and oxygen atoms in total. The molecule has 0 aliphatic heterocycles. The fraction of sp³-hybridized carbons (Fsp3) is 0.227. The summed E-state index contributed by atoms with van der Waals surface area (Å²) in [6.07, 6.45) is 0.193. The highest BCUT2D eigenvalue weighted by Gasteiger charge is 2.12. The number of methoxy groups -OCH3 is 1. The van der Waals surface area contributed by atoms with Crippen LogP contribution in [0.4, 0.5) is 11.4 Å². The van der Waals surface area contributed by atoms with Crippen LogP contribution in [0.3, 0.4) is 0 Å². The number of hydrogen-bond donors (Lipinski definition) is 1. The van der Waals surface area contributed by atoms with E-state index >= 15 is 0 Å². The molecule has 0 saturated heterocycles. The fourth-order valence-corrected chi connectivity index (χ4v) is 4.38. The third kappa shape index (κ3) is 6.08. The quantitative estimate of drug-likeness (QED) is 0.393. The van der Waals surface area contributed by atoms with E-state index in [1.807, 2.05) is 48.6 Å². The summed E-state index contributed by atoms with van der Waals surface area (Å²) < 4.78 is 5.88. The van der Waals surface area contributed by atoms with Crippen LogP contribution in [-0.4, -0.2) is 43.6 Å². The van der Waals surface area contributed by atoms with E-state index in [0.717, 1.165) is 21.5 Å². The summed E-state index contributed by atoms with van der Waals surface area (Å²) in [5, 5.41) is 4.74. The average Bonchev–Trinajstić information content (AvgIpc) is 3.19. The molecule has 156 valence electrons. The number of anilines is 2. The Morgan fingerprint density at radius 2 is 1.80 bits per heavy atom. The third-order valence-electron chi connectivity index (χ3n) is 4.28. The van der Waals surface area contributed by atoms with Crippen molar-refractivity contribution in [3.63, 3.8) is 0 Å². The minimum Gasteiger partial charge on any atom is -0.497 e. The Labute approximate surface area is 184 Å². The van der Waals surface area contributed by atoms with Crippen molar-refractivity contribution in [3.05, 3.63) is 65.2 Å². The summed E-state index contributed by atoms with van der Waals surface area (Å²) >= 11 is 2.82. The van der Waals surface area contributed by atoms with Crippen molar-refractivity contribution < 1.29 is 14.3 Å². The van der Waals surface area contributed by atoms with Crippen LogP contribution < -0.4 is 15.0 Å². The molecule has 0 radical (unpaired) electrons. The monoisotopic (exact) mass is 441 g/mol.